The van der Waals surface area contributed by atoms with Crippen LogP contribution in [0.4, 0.5) is 4.39 Å². The van der Waals surface area contributed by atoms with E-state index in [1.165, 1.54) is 27.3 Å². The van der Waals surface area contributed by atoms with Crippen LogP contribution in [0, 0.1) is 5.82 Å². The molecule has 0 amide bonds. The average molecular weight is 466 g/mol. The molecule has 0 atom stereocenters. The first kappa shape index (κ1) is 19.5. The van der Waals surface area contributed by atoms with Gasteiger partial charge in [-0.1, -0.05) is 16.8 Å². The zero-order chi connectivity index (χ0) is 22.5. The lowest BCUT2D eigenvalue weighted by Gasteiger charge is -2.02. The molecule has 0 radical (unpaired) electrons. The van der Waals surface area contributed by atoms with Crippen molar-refractivity contribution in [3.05, 3.63) is 81.9 Å². The van der Waals surface area contributed by atoms with Gasteiger partial charge in [0, 0.05) is 23.5 Å². The van der Waals surface area contributed by atoms with Gasteiger partial charge in [-0.05, 0) is 42.5 Å². The fourth-order valence-corrected chi connectivity index (χ4v) is 3.75. The molecule has 9 nitrogen and oxygen atoms in total. The summed E-state index contributed by atoms with van der Waals surface area (Å²) in [6.07, 6.45) is 3.26. The number of halogens is 2. The first-order chi connectivity index (χ1) is 16.0. The van der Waals surface area contributed by atoms with E-state index in [4.69, 9.17) is 25.6 Å². The van der Waals surface area contributed by atoms with E-state index < -0.39 is 5.82 Å². The van der Waals surface area contributed by atoms with Gasteiger partial charge in [0.2, 0.25) is 18.5 Å². The van der Waals surface area contributed by atoms with E-state index in [0.29, 0.717) is 28.3 Å². The van der Waals surface area contributed by atoms with Crippen LogP contribution < -0.4 is 15.0 Å². The summed E-state index contributed by atoms with van der Waals surface area (Å²) in [6.45, 7) is 0.238. The Bertz CT molecular complexity index is 1590. The molecule has 0 unspecified atom stereocenters. The number of hydrogen-bond donors (Lipinski definition) is 0. The highest BCUT2D eigenvalue weighted by Gasteiger charge is 2.17. The summed E-state index contributed by atoms with van der Waals surface area (Å²) >= 11 is 5.82. The molecule has 0 spiro atoms. The smallest absolute Gasteiger partial charge is 0.277 e. The Kier molecular flexibility index (Phi) is 4.40. The lowest BCUT2D eigenvalue weighted by molar-refractivity contribution is 0.174. The van der Waals surface area contributed by atoms with Crippen LogP contribution in [-0.2, 0) is 6.54 Å². The number of benzene rings is 2. The molecular formula is C22H13ClFN5O4. The summed E-state index contributed by atoms with van der Waals surface area (Å²) in [5.41, 5.74) is 2.03. The SMILES string of the molecule is O=c1c2cc(-c3ccc4c(c3)OCO4)nn2ccn1Cc1nc(-c2ccc(F)c(Cl)c2)no1. The molecule has 0 saturated heterocycles. The molecular weight excluding hydrogens is 453 g/mol. The predicted octanol–water partition coefficient (Wildman–Crippen LogP) is 3.78. The van der Waals surface area contributed by atoms with Crippen LogP contribution in [0.5, 0.6) is 11.5 Å². The van der Waals surface area contributed by atoms with Crippen molar-refractivity contribution in [1.82, 2.24) is 24.3 Å². The van der Waals surface area contributed by atoms with E-state index >= 15 is 0 Å². The van der Waals surface area contributed by atoms with Crippen LogP contribution in [0.3, 0.4) is 0 Å². The minimum absolute atomic E-state index is 0.0421. The van der Waals surface area contributed by atoms with Crippen molar-refractivity contribution in [3.63, 3.8) is 0 Å². The minimum Gasteiger partial charge on any atom is -0.454 e. The van der Waals surface area contributed by atoms with Crippen molar-refractivity contribution < 1.29 is 18.4 Å². The monoisotopic (exact) mass is 465 g/mol. The molecule has 1 aliphatic rings. The molecule has 0 bridgehead atoms. The van der Waals surface area contributed by atoms with Gasteiger partial charge in [0.15, 0.2) is 11.5 Å². The Hall–Kier alpha value is -4.18. The second kappa shape index (κ2) is 7.45. The van der Waals surface area contributed by atoms with Gasteiger partial charge in [0.25, 0.3) is 5.56 Å². The van der Waals surface area contributed by atoms with E-state index in [0.717, 1.165) is 5.56 Å². The van der Waals surface area contributed by atoms with Gasteiger partial charge < -0.3 is 18.6 Å². The minimum atomic E-state index is -0.537. The summed E-state index contributed by atoms with van der Waals surface area (Å²) in [4.78, 5) is 17.3. The standard InChI is InChI=1S/C22H13ClFN5O4/c23-14-7-13(1-3-15(14)24)21-25-20(33-27-21)10-28-5-6-29-17(22(28)30)9-16(26-29)12-2-4-18-19(8-12)32-11-31-18/h1-9H,10-11H2. The van der Waals surface area contributed by atoms with Crippen LogP contribution in [0.1, 0.15) is 5.89 Å². The summed E-state index contributed by atoms with van der Waals surface area (Å²) in [7, 11) is 0. The third-order valence-electron chi connectivity index (χ3n) is 5.22. The summed E-state index contributed by atoms with van der Waals surface area (Å²) in [5, 5.41) is 8.34. The Morgan fingerprint density at radius 1 is 1.03 bits per heavy atom. The summed E-state index contributed by atoms with van der Waals surface area (Å²) < 4.78 is 32.4. The molecule has 0 fully saturated rings. The third-order valence-corrected chi connectivity index (χ3v) is 5.51. The van der Waals surface area contributed by atoms with Gasteiger partial charge in [-0.2, -0.15) is 10.1 Å². The Balaban J connectivity index is 1.30. The van der Waals surface area contributed by atoms with Crippen molar-refractivity contribution in [1.29, 1.82) is 0 Å². The molecule has 4 heterocycles. The van der Waals surface area contributed by atoms with E-state index in [1.54, 1.807) is 24.5 Å². The van der Waals surface area contributed by atoms with E-state index in [2.05, 4.69) is 15.2 Å². The molecule has 0 saturated carbocycles. The summed E-state index contributed by atoms with van der Waals surface area (Å²) in [5.74, 6) is 1.23. The quantitative estimate of drug-likeness (QED) is 0.398. The van der Waals surface area contributed by atoms with Gasteiger partial charge in [0.1, 0.15) is 17.9 Å². The zero-order valence-electron chi connectivity index (χ0n) is 16.7. The Morgan fingerprint density at radius 3 is 2.76 bits per heavy atom. The lowest BCUT2D eigenvalue weighted by atomic mass is 10.1. The highest BCUT2D eigenvalue weighted by molar-refractivity contribution is 6.31. The van der Waals surface area contributed by atoms with Gasteiger partial charge in [-0.15, -0.1) is 0 Å². The van der Waals surface area contributed by atoms with Gasteiger partial charge in [0.05, 0.1) is 10.7 Å². The molecule has 6 rings (SSSR count). The maximum atomic E-state index is 13.4. The van der Waals surface area contributed by atoms with E-state index in [9.17, 15) is 9.18 Å². The van der Waals surface area contributed by atoms with Crippen LogP contribution >= 0.6 is 11.6 Å². The molecule has 1 aliphatic heterocycles. The van der Waals surface area contributed by atoms with Gasteiger partial charge in [-0.25, -0.2) is 8.91 Å². The topological polar surface area (TPSA) is 96.7 Å². The molecule has 5 aromatic rings. The number of nitrogens with zero attached hydrogens (tertiary/aromatic N) is 5. The molecule has 2 aromatic carbocycles. The number of aromatic nitrogens is 5. The highest BCUT2D eigenvalue weighted by atomic mass is 35.5. The molecule has 164 valence electrons. The molecule has 3 aromatic heterocycles. The summed E-state index contributed by atoms with van der Waals surface area (Å²) in [6, 6.07) is 11.3. The normalized spacial score (nSPS) is 12.5. The van der Waals surface area contributed by atoms with E-state index in [-0.39, 0.29) is 35.6 Å². The van der Waals surface area contributed by atoms with Crippen LogP contribution in [0.15, 0.2) is 64.2 Å². The third kappa shape index (κ3) is 3.40. The van der Waals surface area contributed by atoms with Crippen molar-refractivity contribution >= 4 is 17.1 Å². The van der Waals surface area contributed by atoms with Crippen molar-refractivity contribution in [2.75, 3.05) is 6.79 Å². The fourth-order valence-electron chi connectivity index (χ4n) is 3.56. The number of rotatable bonds is 4. The lowest BCUT2D eigenvalue weighted by Crippen LogP contribution is -2.21. The van der Waals surface area contributed by atoms with Crippen molar-refractivity contribution in [2.45, 2.75) is 6.54 Å². The zero-order valence-corrected chi connectivity index (χ0v) is 17.5. The Morgan fingerprint density at radius 2 is 1.88 bits per heavy atom. The molecule has 11 heteroatoms. The average Bonchev–Trinajstić information content (AvgIpc) is 3.56. The Labute approximate surface area is 189 Å². The van der Waals surface area contributed by atoms with Gasteiger partial charge >= 0.3 is 0 Å². The molecule has 0 aliphatic carbocycles. The predicted molar refractivity (Wildman–Crippen MR) is 115 cm³/mol. The van der Waals surface area contributed by atoms with Crippen LogP contribution in [0.25, 0.3) is 28.2 Å². The number of fused-ring (bicyclic) bond motifs is 2. The molecule has 33 heavy (non-hydrogen) atoms. The number of ether oxygens (including phenoxy) is 2. The maximum absolute atomic E-state index is 13.4. The number of hydrogen-bond acceptors (Lipinski definition) is 7. The van der Waals surface area contributed by atoms with Crippen LogP contribution in [-0.4, -0.2) is 31.1 Å². The second-order valence-electron chi connectivity index (χ2n) is 7.30. The van der Waals surface area contributed by atoms with Crippen molar-refractivity contribution in [2.24, 2.45) is 0 Å². The van der Waals surface area contributed by atoms with Gasteiger partial charge in [-0.3, -0.25) is 4.79 Å². The highest BCUT2D eigenvalue weighted by Crippen LogP contribution is 2.35. The molecule has 0 N–H and O–H groups in total. The fraction of sp³-hybridized carbons (Fsp3) is 0.0909. The second-order valence-corrected chi connectivity index (χ2v) is 7.71. The van der Waals surface area contributed by atoms with Crippen LogP contribution in [0.2, 0.25) is 5.02 Å². The van der Waals surface area contributed by atoms with Crippen molar-refractivity contribution in [3.8, 4) is 34.1 Å². The van der Waals surface area contributed by atoms with E-state index in [1.807, 2.05) is 12.1 Å². The largest absolute Gasteiger partial charge is 0.454 e. The first-order valence-electron chi connectivity index (χ1n) is 9.82. The maximum Gasteiger partial charge on any atom is 0.277 e. The first-order valence-corrected chi connectivity index (χ1v) is 10.2.